The van der Waals surface area contributed by atoms with Gasteiger partial charge < -0.3 is 9.47 Å². The van der Waals surface area contributed by atoms with E-state index >= 15 is 0 Å². The largest absolute Gasteiger partial charge is 0.497 e. The van der Waals surface area contributed by atoms with Gasteiger partial charge in [-0.3, -0.25) is 4.79 Å². The molecule has 140 valence electrons. The zero-order valence-corrected chi connectivity index (χ0v) is 16.2. The van der Waals surface area contributed by atoms with Gasteiger partial charge in [-0.2, -0.15) is 0 Å². The van der Waals surface area contributed by atoms with Crippen molar-refractivity contribution in [2.24, 2.45) is 0 Å². The van der Waals surface area contributed by atoms with Crippen molar-refractivity contribution in [3.05, 3.63) is 58.1 Å². The van der Waals surface area contributed by atoms with Crippen LogP contribution in [0, 0.1) is 0 Å². The lowest BCUT2D eigenvalue weighted by molar-refractivity contribution is -0.144. The number of rotatable bonds is 8. The van der Waals surface area contributed by atoms with Gasteiger partial charge in [0.2, 0.25) is 10.0 Å². The summed E-state index contributed by atoms with van der Waals surface area (Å²) in [5.41, 5.74) is 0.687. The first-order chi connectivity index (χ1) is 12.3. The van der Waals surface area contributed by atoms with Crippen LogP contribution in [-0.4, -0.2) is 28.0 Å². The molecule has 2 rings (SSSR count). The third-order valence-electron chi connectivity index (χ3n) is 3.37. The average molecular weight is 418 g/mol. The van der Waals surface area contributed by atoms with Crippen LogP contribution in [0.5, 0.6) is 5.75 Å². The van der Waals surface area contributed by atoms with E-state index in [2.05, 4.69) is 4.72 Å². The van der Waals surface area contributed by atoms with Crippen molar-refractivity contribution in [1.29, 1.82) is 0 Å². The molecule has 0 fully saturated rings. The van der Waals surface area contributed by atoms with Crippen LogP contribution < -0.4 is 9.46 Å². The Hall–Kier alpha value is -1.80. The number of sulfonamides is 1. The van der Waals surface area contributed by atoms with Crippen molar-refractivity contribution >= 4 is 39.2 Å². The summed E-state index contributed by atoms with van der Waals surface area (Å²) in [6, 6.07) is 10.8. The molecule has 0 amide bonds. The van der Waals surface area contributed by atoms with Crippen LogP contribution in [0.2, 0.25) is 10.0 Å². The third kappa shape index (κ3) is 5.88. The van der Waals surface area contributed by atoms with Crippen molar-refractivity contribution in [3.8, 4) is 5.75 Å². The molecule has 0 aliphatic carbocycles. The third-order valence-corrected chi connectivity index (χ3v) is 5.59. The summed E-state index contributed by atoms with van der Waals surface area (Å²) >= 11 is 11.7. The number of benzene rings is 2. The maximum Gasteiger partial charge on any atom is 0.307 e. The molecule has 2 aromatic rings. The highest BCUT2D eigenvalue weighted by Gasteiger charge is 2.14. The van der Waals surface area contributed by atoms with Crippen molar-refractivity contribution in [1.82, 2.24) is 4.72 Å². The van der Waals surface area contributed by atoms with E-state index in [-0.39, 0.29) is 24.5 Å². The molecule has 0 aliphatic heterocycles. The molecule has 2 aromatic carbocycles. The Morgan fingerprint density at radius 1 is 1.08 bits per heavy atom. The minimum atomic E-state index is -3.70. The predicted molar refractivity (Wildman–Crippen MR) is 99.1 cm³/mol. The van der Waals surface area contributed by atoms with Gasteiger partial charge in [0.05, 0.1) is 28.5 Å². The number of methoxy groups -OCH3 is 1. The second-order valence-electron chi connectivity index (χ2n) is 5.23. The number of hydrogen-bond donors (Lipinski definition) is 1. The first-order valence-corrected chi connectivity index (χ1v) is 9.79. The maximum atomic E-state index is 12.1. The molecule has 1 N–H and O–H groups in total. The highest BCUT2D eigenvalue weighted by molar-refractivity contribution is 7.89. The van der Waals surface area contributed by atoms with Gasteiger partial charge in [-0.1, -0.05) is 29.3 Å². The van der Waals surface area contributed by atoms with Crippen LogP contribution in [0.1, 0.15) is 12.0 Å². The topological polar surface area (TPSA) is 81.7 Å². The van der Waals surface area contributed by atoms with E-state index < -0.39 is 16.0 Å². The molecule has 0 spiro atoms. The highest BCUT2D eigenvalue weighted by Crippen LogP contribution is 2.23. The van der Waals surface area contributed by atoms with Gasteiger partial charge >= 0.3 is 5.97 Å². The lowest BCUT2D eigenvalue weighted by Gasteiger charge is -2.08. The van der Waals surface area contributed by atoms with Crippen LogP contribution >= 0.6 is 23.2 Å². The van der Waals surface area contributed by atoms with Crippen LogP contribution in [0.25, 0.3) is 0 Å². The van der Waals surface area contributed by atoms with Crippen LogP contribution in [0.15, 0.2) is 47.4 Å². The predicted octanol–water partition coefficient (Wildman–Crippen LogP) is 3.41. The van der Waals surface area contributed by atoms with Gasteiger partial charge in [-0.15, -0.1) is 0 Å². The number of hydrogen-bond acceptors (Lipinski definition) is 5. The summed E-state index contributed by atoms with van der Waals surface area (Å²) in [6.45, 7) is -0.0461. The van der Waals surface area contributed by atoms with E-state index in [1.807, 2.05) is 0 Å². The fraction of sp³-hybridized carbons (Fsp3) is 0.235. The molecular weight excluding hydrogens is 401 g/mol. The number of ether oxygens (including phenoxy) is 2. The van der Waals surface area contributed by atoms with E-state index in [4.69, 9.17) is 32.7 Å². The Balaban J connectivity index is 1.80. The zero-order valence-electron chi connectivity index (χ0n) is 13.9. The normalized spacial score (nSPS) is 11.2. The first-order valence-electron chi connectivity index (χ1n) is 7.55. The summed E-state index contributed by atoms with van der Waals surface area (Å²) in [5.74, 6) is 0.0170. The molecule has 0 aromatic heterocycles. The number of carbonyl (C=O) groups excluding carboxylic acids is 1. The molecule has 6 nitrogen and oxygen atoms in total. The van der Waals surface area contributed by atoms with Gasteiger partial charge in [0.1, 0.15) is 12.4 Å². The molecule has 26 heavy (non-hydrogen) atoms. The van der Waals surface area contributed by atoms with E-state index in [1.165, 1.54) is 19.2 Å². The SMILES string of the molecule is COc1ccc(S(=O)(=O)NCCC(=O)OCc2ccc(Cl)c(Cl)c2)cc1. The standard InChI is InChI=1S/C17H17Cl2NO5S/c1-24-13-3-5-14(6-4-13)26(22,23)20-9-8-17(21)25-11-12-2-7-15(18)16(19)10-12/h2-7,10,20H,8-9,11H2,1H3. The van der Waals surface area contributed by atoms with E-state index in [9.17, 15) is 13.2 Å². The molecule has 9 heteroatoms. The molecule has 0 aliphatic rings. The molecular formula is C17H17Cl2NO5S. The minimum absolute atomic E-state index is 0.0287. The molecule has 0 saturated heterocycles. The van der Waals surface area contributed by atoms with Crippen LogP contribution in [-0.2, 0) is 26.2 Å². The Bertz CT molecular complexity index is 869. The summed E-state index contributed by atoms with van der Waals surface area (Å²) in [5, 5.41) is 0.780. The van der Waals surface area contributed by atoms with Gasteiger partial charge in [0.25, 0.3) is 0 Å². The number of carbonyl (C=O) groups is 1. The quantitative estimate of drug-likeness (QED) is 0.665. The fourth-order valence-electron chi connectivity index (χ4n) is 1.99. The molecule has 0 radical (unpaired) electrons. The lowest BCUT2D eigenvalue weighted by atomic mass is 10.2. The van der Waals surface area contributed by atoms with Crippen LogP contribution in [0.3, 0.4) is 0 Å². The Morgan fingerprint density at radius 2 is 1.77 bits per heavy atom. The number of halogens is 2. The summed E-state index contributed by atoms with van der Waals surface area (Å²) in [7, 11) is -2.21. The second kappa shape index (κ2) is 9.23. The van der Waals surface area contributed by atoms with Crippen molar-refractivity contribution in [2.45, 2.75) is 17.9 Å². The molecule has 0 bridgehead atoms. The van der Waals surface area contributed by atoms with E-state index in [0.717, 1.165) is 0 Å². The summed E-state index contributed by atoms with van der Waals surface area (Å²) < 4.78 is 36.7. The number of nitrogens with one attached hydrogen (secondary N) is 1. The van der Waals surface area contributed by atoms with E-state index in [0.29, 0.717) is 21.4 Å². The smallest absolute Gasteiger partial charge is 0.307 e. The van der Waals surface area contributed by atoms with Crippen molar-refractivity contribution in [3.63, 3.8) is 0 Å². The molecule has 0 atom stereocenters. The molecule has 0 saturated carbocycles. The lowest BCUT2D eigenvalue weighted by Crippen LogP contribution is -2.26. The van der Waals surface area contributed by atoms with Gasteiger partial charge in [0, 0.05) is 6.54 Å². The first kappa shape index (κ1) is 20.5. The van der Waals surface area contributed by atoms with E-state index in [1.54, 1.807) is 30.3 Å². The fourth-order valence-corrected chi connectivity index (χ4v) is 3.34. The Morgan fingerprint density at radius 3 is 2.38 bits per heavy atom. The Labute approximate surface area is 162 Å². The number of esters is 1. The average Bonchev–Trinajstić information content (AvgIpc) is 2.62. The monoisotopic (exact) mass is 417 g/mol. The van der Waals surface area contributed by atoms with Gasteiger partial charge in [0.15, 0.2) is 0 Å². The summed E-state index contributed by atoms with van der Waals surface area (Å²) in [4.78, 5) is 11.8. The molecule has 0 unspecified atom stereocenters. The maximum absolute atomic E-state index is 12.1. The summed E-state index contributed by atoms with van der Waals surface area (Å²) in [6.07, 6.45) is -0.100. The molecule has 0 heterocycles. The van der Waals surface area contributed by atoms with Gasteiger partial charge in [-0.25, -0.2) is 13.1 Å². The van der Waals surface area contributed by atoms with Crippen molar-refractivity contribution < 1.29 is 22.7 Å². The van der Waals surface area contributed by atoms with Gasteiger partial charge in [-0.05, 0) is 42.0 Å². The van der Waals surface area contributed by atoms with Crippen LogP contribution in [0.4, 0.5) is 0 Å². The minimum Gasteiger partial charge on any atom is -0.497 e. The Kier molecular flexibility index (Phi) is 7.28. The second-order valence-corrected chi connectivity index (χ2v) is 7.81. The van der Waals surface area contributed by atoms with Crippen molar-refractivity contribution in [2.75, 3.05) is 13.7 Å². The highest BCUT2D eigenvalue weighted by atomic mass is 35.5. The zero-order chi connectivity index (χ0) is 19.2.